The monoisotopic (exact) mass is 385 g/mol. The lowest BCUT2D eigenvalue weighted by molar-refractivity contribution is 0.0950. The van der Waals surface area contributed by atoms with Gasteiger partial charge in [0.25, 0.3) is 5.91 Å². The summed E-state index contributed by atoms with van der Waals surface area (Å²) in [6.45, 7) is 2.48. The summed E-state index contributed by atoms with van der Waals surface area (Å²) in [7, 11) is 0. The maximum absolute atomic E-state index is 12.4. The van der Waals surface area contributed by atoms with Crippen LogP contribution in [0.5, 0.6) is 0 Å². The van der Waals surface area contributed by atoms with Gasteiger partial charge in [0.2, 0.25) is 0 Å². The van der Waals surface area contributed by atoms with E-state index in [9.17, 15) is 4.79 Å². The van der Waals surface area contributed by atoms with Crippen LogP contribution >= 0.6 is 23.2 Å². The molecule has 1 aromatic heterocycles. The number of anilines is 2. The van der Waals surface area contributed by atoms with Gasteiger partial charge in [-0.15, -0.1) is 0 Å². The van der Waals surface area contributed by atoms with Crippen LogP contribution in [0.1, 0.15) is 21.5 Å². The summed E-state index contributed by atoms with van der Waals surface area (Å²) in [6, 6.07) is 15.0. The van der Waals surface area contributed by atoms with Crippen LogP contribution in [-0.4, -0.2) is 10.9 Å². The number of hydrogen-bond donors (Lipinski definition) is 2. The van der Waals surface area contributed by atoms with E-state index in [1.165, 1.54) is 11.8 Å². The molecule has 0 radical (unpaired) electrons. The van der Waals surface area contributed by atoms with Crippen molar-refractivity contribution >= 4 is 40.5 Å². The number of rotatable bonds is 5. The normalized spacial score (nSPS) is 10.4. The largest absolute Gasteiger partial charge is 0.353 e. The Labute approximate surface area is 162 Å². The number of nitrogens with one attached hydrogen (secondary N) is 2. The molecule has 0 spiro atoms. The van der Waals surface area contributed by atoms with Crippen molar-refractivity contribution in [2.24, 2.45) is 0 Å². The highest BCUT2D eigenvalue weighted by atomic mass is 35.5. The van der Waals surface area contributed by atoms with Crippen molar-refractivity contribution in [1.29, 1.82) is 0 Å². The van der Waals surface area contributed by atoms with Gasteiger partial charge in [0, 0.05) is 12.7 Å². The smallest absolute Gasteiger partial charge is 0.253 e. The molecule has 3 aromatic rings. The van der Waals surface area contributed by atoms with Crippen molar-refractivity contribution in [3.05, 3.63) is 87.7 Å². The molecule has 0 atom stereocenters. The number of benzene rings is 2. The molecule has 0 aliphatic rings. The molecule has 0 saturated carbocycles. The maximum Gasteiger partial charge on any atom is 0.253 e. The Morgan fingerprint density at radius 1 is 1.08 bits per heavy atom. The molecule has 0 unspecified atom stereocenters. The summed E-state index contributed by atoms with van der Waals surface area (Å²) in [6.07, 6.45) is 3.14. The van der Waals surface area contributed by atoms with Gasteiger partial charge < -0.3 is 10.6 Å². The Morgan fingerprint density at radius 3 is 2.62 bits per heavy atom. The predicted octanol–water partition coefficient (Wildman–Crippen LogP) is 5.37. The minimum Gasteiger partial charge on any atom is -0.353 e. The van der Waals surface area contributed by atoms with Gasteiger partial charge in [-0.2, -0.15) is 0 Å². The van der Waals surface area contributed by atoms with Crippen LogP contribution in [0.25, 0.3) is 0 Å². The molecule has 132 valence electrons. The third-order valence-corrected chi connectivity index (χ3v) is 4.62. The van der Waals surface area contributed by atoms with Gasteiger partial charge >= 0.3 is 0 Å². The highest BCUT2D eigenvalue weighted by molar-refractivity contribution is 6.43. The van der Waals surface area contributed by atoms with Crippen molar-refractivity contribution in [2.75, 3.05) is 5.32 Å². The minimum absolute atomic E-state index is 0.195. The number of nitrogens with zero attached hydrogens (tertiary/aromatic N) is 1. The van der Waals surface area contributed by atoms with Crippen LogP contribution in [0.4, 0.5) is 11.4 Å². The molecular weight excluding hydrogens is 369 g/mol. The molecule has 2 N–H and O–H groups in total. The lowest BCUT2D eigenvalue weighted by Crippen LogP contribution is -2.23. The van der Waals surface area contributed by atoms with E-state index in [0.717, 1.165) is 5.56 Å². The van der Waals surface area contributed by atoms with Crippen LogP contribution in [0.2, 0.25) is 10.0 Å². The zero-order chi connectivity index (χ0) is 18.5. The molecule has 0 bridgehead atoms. The standard InChI is InChI=1S/C20H17Cl2N3O/c1-13-5-7-14(8-6-13)10-24-20(26)15-9-16(12-23-11-15)25-18-4-2-3-17(21)19(18)22/h2-9,11-12,25H,10H2,1H3,(H,24,26). The van der Waals surface area contributed by atoms with E-state index in [4.69, 9.17) is 23.2 Å². The van der Waals surface area contributed by atoms with Gasteiger partial charge in [-0.25, -0.2) is 0 Å². The Bertz CT molecular complexity index is 927. The first kappa shape index (κ1) is 18.2. The molecule has 1 amide bonds. The molecule has 0 fully saturated rings. The van der Waals surface area contributed by atoms with Crippen LogP contribution < -0.4 is 10.6 Å². The number of carbonyl (C=O) groups excluding carboxylic acids is 1. The third kappa shape index (κ3) is 4.54. The lowest BCUT2D eigenvalue weighted by atomic mass is 10.1. The molecular formula is C20H17Cl2N3O. The van der Waals surface area contributed by atoms with Gasteiger partial charge in [0.1, 0.15) is 0 Å². The van der Waals surface area contributed by atoms with Gasteiger partial charge in [-0.05, 0) is 30.7 Å². The van der Waals surface area contributed by atoms with Crippen molar-refractivity contribution in [1.82, 2.24) is 10.3 Å². The summed E-state index contributed by atoms with van der Waals surface area (Å²) >= 11 is 12.2. The first-order valence-electron chi connectivity index (χ1n) is 8.03. The summed E-state index contributed by atoms with van der Waals surface area (Å²) in [5, 5.41) is 6.90. The number of halogens is 2. The number of pyridine rings is 1. The summed E-state index contributed by atoms with van der Waals surface area (Å²) < 4.78 is 0. The molecule has 26 heavy (non-hydrogen) atoms. The number of carbonyl (C=O) groups is 1. The van der Waals surface area contributed by atoms with Gasteiger partial charge in [0.05, 0.1) is 33.2 Å². The zero-order valence-corrected chi connectivity index (χ0v) is 15.6. The number of aromatic nitrogens is 1. The average molecular weight is 386 g/mol. The van der Waals surface area contributed by atoms with Gasteiger partial charge in [-0.3, -0.25) is 9.78 Å². The SMILES string of the molecule is Cc1ccc(CNC(=O)c2cncc(Nc3cccc(Cl)c3Cl)c2)cc1. The Morgan fingerprint density at radius 2 is 1.85 bits per heavy atom. The van der Waals surface area contributed by atoms with E-state index in [1.54, 1.807) is 30.5 Å². The number of hydrogen-bond acceptors (Lipinski definition) is 3. The minimum atomic E-state index is -0.195. The molecule has 0 aliphatic heterocycles. The van der Waals surface area contributed by atoms with E-state index in [2.05, 4.69) is 15.6 Å². The van der Waals surface area contributed by atoms with Gasteiger partial charge in [-0.1, -0.05) is 59.1 Å². The average Bonchev–Trinajstić information content (AvgIpc) is 2.65. The van der Waals surface area contributed by atoms with Crippen molar-refractivity contribution in [3.8, 4) is 0 Å². The fraction of sp³-hybridized carbons (Fsp3) is 0.100. The second kappa shape index (κ2) is 8.21. The lowest BCUT2D eigenvalue weighted by Gasteiger charge is -2.10. The van der Waals surface area contributed by atoms with Crippen molar-refractivity contribution in [3.63, 3.8) is 0 Å². The second-order valence-corrected chi connectivity index (χ2v) is 6.64. The Kier molecular flexibility index (Phi) is 5.76. The summed E-state index contributed by atoms with van der Waals surface area (Å²) in [5.74, 6) is -0.195. The summed E-state index contributed by atoms with van der Waals surface area (Å²) in [4.78, 5) is 16.5. The first-order valence-corrected chi connectivity index (χ1v) is 8.78. The van der Waals surface area contributed by atoms with E-state index >= 15 is 0 Å². The van der Waals surface area contributed by atoms with Crippen LogP contribution in [0.3, 0.4) is 0 Å². The predicted molar refractivity (Wildman–Crippen MR) is 106 cm³/mol. The molecule has 4 nitrogen and oxygen atoms in total. The number of aryl methyl sites for hydroxylation is 1. The summed E-state index contributed by atoms with van der Waals surface area (Å²) in [5.41, 5.74) is 3.98. The highest BCUT2D eigenvalue weighted by Crippen LogP contribution is 2.31. The van der Waals surface area contributed by atoms with Gasteiger partial charge in [0.15, 0.2) is 0 Å². The van der Waals surface area contributed by atoms with E-state index in [-0.39, 0.29) is 5.91 Å². The van der Waals surface area contributed by atoms with Crippen molar-refractivity contribution < 1.29 is 4.79 Å². The molecule has 3 rings (SSSR count). The fourth-order valence-corrected chi connectivity index (χ4v) is 2.73. The zero-order valence-electron chi connectivity index (χ0n) is 14.1. The Balaban J connectivity index is 1.69. The maximum atomic E-state index is 12.4. The third-order valence-electron chi connectivity index (χ3n) is 3.80. The fourth-order valence-electron chi connectivity index (χ4n) is 2.38. The Hall–Kier alpha value is -2.56. The van der Waals surface area contributed by atoms with Crippen LogP contribution in [0, 0.1) is 6.92 Å². The quantitative estimate of drug-likeness (QED) is 0.620. The van der Waals surface area contributed by atoms with Crippen molar-refractivity contribution in [2.45, 2.75) is 13.5 Å². The first-order chi connectivity index (χ1) is 12.5. The molecule has 1 heterocycles. The number of amides is 1. The molecule has 6 heteroatoms. The highest BCUT2D eigenvalue weighted by Gasteiger charge is 2.09. The van der Waals surface area contributed by atoms with Crippen LogP contribution in [0.15, 0.2) is 60.9 Å². The van der Waals surface area contributed by atoms with E-state index in [1.807, 2.05) is 31.2 Å². The van der Waals surface area contributed by atoms with E-state index in [0.29, 0.717) is 33.5 Å². The second-order valence-electron chi connectivity index (χ2n) is 5.86. The molecule has 2 aromatic carbocycles. The van der Waals surface area contributed by atoms with Crippen LogP contribution in [-0.2, 0) is 6.54 Å². The molecule has 0 saturated heterocycles. The topological polar surface area (TPSA) is 54.0 Å². The molecule has 0 aliphatic carbocycles. The van der Waals surface area contributed by atoms with E-state index < -0.39 is 0 Å².